The van der Waals surface area contributed by atoms with Crippen molar-refractivity contribution in [3.8, 4) is 17.2 Å². The molecule has 2 fully saturated rings. The molecule has 1 saturated heterocycles. The van der Waals surface area contributed by atoms with Crippen molar-refractivity contribution in [3.05, 3.63) is 69.4 Å². The Balaban J connectivity index is 1.52. The maximum atomic E-state index is 15.3. The number of fused-ring (bicyclic) bond motifs is 2. The van der Waals surface area contributed by atoms with Gasteiger partial charge in [-0.1, -0.05) is 35.5 Å². The molecule has 0 N–H and O–H groups in total. The summed E-state index contributed by atoms with van der Waals surface area (Å²) in [5.74, 6) is -3.15. The monoisotopic (exact) mass is 710 g/mol. The van der Waals surface area contributed by atoms with Crippen LogP contribution < -0.4 is 14.2 Å². The zero-order valence-electron chi connectivity index (χ0n) is 31.4. The van der Waals surface area contributed by atoms with E-state index in [9.17, 15) is 19.2 Å². The molecule has 3 aliphatic carbocycles. The Morgan fingerprint density at radius 2 is 1.62 bits per heavy atom. The van der Waals surface area contributed by atoms with Crippen LogP contribution in [0, 0.1) is 11.8 Å². The predicted molar refractivity (Wildman–Crippen MR) is 191 cm³/mol. The maximum Gasteiger partial charge on any atom is 0.333 e. The Labute approximate surface area is 303 Å². The third-order valence-electron chi connectivity index (χ3n) is 11.5. The second-order valence-corrected chi connectivity index (χ2v) is 16.2. The number of hydrogen-bond acceptors (Lipinski definition) is 10. The molecule has 52 heavy (non-hydrogen) atoms. The van der Waals surface area contributed by atoms with Gasteiger partial charge in [0.25, 0.3) is 0 Å². The minimum Gasteiger partial charge on any atom is -0.482 e. The molecule has 8 rings (SSSR count). The van der Waals surface area contributed by atoms with Crippen LogP contribution in [0.15, 0.2) is 52.7 Å². The first kappa shape index (κ1) is 35.8. The summed E-state index contributed by atoms with van der Waals surface area (Å²) in [6.07, 6.45) is 10.5. The van der Waals surface area contributed by atoms with Gasteiger partial charge in [0.05, 0.1) is 18.3 Å². The van der Waals surface area contributed by atoms with E-state index in [0.717, 1.165) is 11.1 Å². The van der Waals surface area contributed by atoms with Gasteiger partial charge in [0.1, 0.15) is 29.1 Å². The molecule has 4 bridgehead atoms. The number of allylic oxidation sites excluding steroid dienone is 6. The quantitative estimate of drug-likeness (QED) is 0.0926. The van der Waals surface area contributed by atoms with Crippen molar-refractivity contribution < 1.29 is 47.7 Å². The van der Waals surface area contributed by atoms with Crippen molar-refractivity contribution in [3.63, 3.8) is 0 Å². The molecule has 10 nitrogen and oxygen atoms in total. The average Bonchev–Trinajstić information content (AvgIpc) is 3.11. The fourth-order valence-corrected chi connectivity index (χ4v) is 9.18. The largest absolute Gasteiger partial charge is 0.482 e. The first-order chi connectivity index (χ1) is 24.4. The number of methoxy groups -OCH3 is 1. The number of ketones is 3. The molecule has 1 saturated carbocycles. The number of hydrogen-bond donors (Lipinski definition) is 0. The number of rotatable bonds is 8. The van der Waals surface area contributed by atoms with E-state index in [0.29, 0.717) is 30.6 Å². The molecule has 0 amide bonds. The van der Waals surface area contributed by atoms with Crippen LogP contribution >= 0.6 is 0 Å². The molecular weight excluding hydrogens is 664 g/mol. The van der Waals surface area contributed by atoms with Crippen LogP contribution in [-0.2, 0) is 35.1 Å². The van der Waals surface area contributed by atoms with Crippen LogP contribution in [0.5, 0.6) is 17.2 Å². The molecule has 0 radical (unpaired) electrons. The number of carbonyl (C=O) groups is 5. The number of ether oxygens (including phenoxy) is 5. The van der Waals surface area contributed by atoms with Gasteiger partial charge in [-0.3, -0.25) is 19.2 Å². The first-order valence-electron chi connectivity index (χ1n) is 18.0. The Morgan fingerprint density at radius 3 is 2.29 bits per heavy atom. The minimum absolute atomic E-state index is 0.0205. The molecule has 5 atom stereocenters. The summed E-state index contributed by atoms with van der Waals surface area (Å²) >= 11 is 0. The molecular formula is C42H46O10. The third kappa shape index (κ3) is 5.04. The lowest BCUT2D eigenvalue weighted by Gasteiger charge is -2.56. The lowest BCUT2D eigenvalue weighted by molar-refractivity contribution is -0.171. The molecule has 4 aliphatic heterocycles. The zero-order valence-corrected chi connectivity index (χ0v) is 31.4. The van der Waals surface area contributed by atoms with Crippen molar-refractivity contribution >= 4 is 34.9 Å². The van der Waals surface area contributed by atoms with E-state index in [4.69, 9.17) is 23.7 Å². The van der Waals surface area contributed by atoms with Crippen LogP contribution in [-0.4, -0.2) is 58.8 Å². The molecule has 10 heteroatoms. The van der Waals surface area contributed by atoms with Crippen molar-refractivity contribution in [1.82, 2.24) is 0 Å². The van der Waals surface area contributed by atoms with Gasteiger partial charge in [0, 0.05) is 40.5 Å². The summed E-state index contributed by atoms with van der Waals surface area (Å²) in [5.41, 5.74) is -1.35. The van der Waals surface area contributed by atoms with E-state index in [1.807, 2.05) is 54.5 Å². The van der Waals surface area contributed by atoms with Gasteiger partial charge in [-0.25, -0.2) is 4.79 Å². The summed E-state index contributed by atoms with van der Waals surface area (Å²) in [6, 6.07) is 0. The van der Waals surface area contributed by atoms with Crippen LogP contribution in [0.25, 0.3) is 5.57 Å². The molecule has 274 valence electrons. The van der Waals surface area contributed by atoms with Gasteiger partial charge in [-0.2, -0.15) is 0 Å². The van der Waals surface area contributed by atoms with Gasteiger partial charge >= 0.3 is 11.9 Å². The van der Waals surface area contributed by atoms with Gasteiger partial charge < -0.3 is 23.7 Å². The molecule has 1 spiro atoms. The van der Waals surface area contributed by atoms with Crippen molar-refractivity contribution in [2.24, 2.45) is 11.8 Å². The summed E-state index contributed by atoms with van der Waals surface area (Å²) in [5, 5.41) is 0. The highest BCUT2D eigenvalue weighted by Gasteiger charge is 2.81. The molecule has 0 aromatic heterocycles. The van der Waals surface area contributed by atoms with Crippen molar-refractivity contribution in [2.75, 3.05) is 7.11 Å². The van der Waals surface area contributed by atoms with Crippen LogP contribution in [0.2, 0.25) is 0 Å². The predicted octanol–water partition coefficient (Wildman–Crippen LogP) is 6.87. The van der Waals surface area contributed by atoms with Gasteiger partial charge in [0.15, 0.2) is 34.3 Å². The molecule has 7 aliphatic rings. The molecule has 1 aromatic rings. The van der Waals surface area contributed by atoms with E-state index < -0.39 is 64.2 Å². The zero-order chi connectivity index (χ0) is 37.7. The van der Waals surface area contributed by atoms with Crippen LogP contribution in [0.3, 0.4) is 0 Å². The molecule has 5 unspecified atom stereocenters. The first-order valence-corrected chi connectivity index (χ1v) is 18.0. The smallest absolute Gasteiger partial charge is 0.333 e. The second kappa shape index (κ2) is 12.0. The number of carbonyl (C=O) groups excluding carboxylic acids is 5. The molecule has 1 aromatic carbocycles. The summed E-state index contributed by atoms with van der Waals surface area (Å²) in [6.45, 7) is 15.2. The fraction of sp³-hybridized carbons (Fsp3) is 0.500. The highest BCUT2D eigenvalue weighted by Crippen LogP contribution is 2.69. The van der Waals surface area contributed by atoms with E-state index in [1.54, 1.807) is 25.2 Å². The van der Waals surface area contributed by atoms with E-state index >= 15 is 4.79 Å². The lowest BCUT2D eigenvalue weighted by atomic mass is 9.51. The number of benzene rings is 1. The Hall–Kier alpha value is -4.57. The summed E-state index contributed by atoms with van der Waals surface area (Å²) in [7, 11) is 1.29. The Bertz CT molecular complexity index is 2030. The van der Waals surface area contributed by atoms with E-state index in [2.05, 4.69) is 6.08 Å². The number of esters is 2. The van der Waals surface area contributed by atoms with Crippen LogP contribution in [0.4, 0.5) is 0 Å². The van der Waals surface area contributed by atoms with Crippen molar-refractivity contribution in [1.29, 1.82) is 0 Å². The van der Waals surface area contributed by atoms with E-state index in [1.165, 1.54) is 7.11 Å². The SMILES string of the molecule is COC(=O)C(C)=CCC12OC(C)(C)C3CC(C=C4C(=O)c5c(c(CC=C(C)C)c6c7c5OC(=O)CC(=O)C7=CC(C)(CCC=C(C)C)O6)OC431)C2=O. The highest BCUT2D eigenvalue weighted by atomic mass is 16.6. The molecule has 4 heterocycles. The third-order valence-corrected chi connectivity index (χ3v) is 11.5. The van der Waals surface area contributed by atoms with Crippen LogP contribution in [0.1, 0.15) is 109 Å². The second-order valence-electron chi connectivity index (χ2n) is 16.2. The Morgan fingerprint density at radius 1 is 0.923 bits per heavy atom. The van der Waals surface area contributed by atoms with Gasteiger partial charge in [-0.15, -0.1) is 0 Å². The minimum atomic E-state index is -1.66. The Kier molecular flexibility index (Phi) is 8.25. The normalized spacial score (nSPS) is 30.4. The van der Waals surface area contributed by atoms with E-state index in [-0.39, 0.29) is 58.0 Å². The lowest BCUT2D eigenvalue weighted by Crippen LogP contribution is -2.72. The van der Waals surface area contributed by atoms with Gasteiger partial charge in [0.2, 0.25) is 0 Å². The standard InChI is InChI=1S/C42H46O10/c1-21(2)11-10-15-40(8)20-26-28(43)19-30(44)49-36-31(26)34(50-40)25(13-12-22(3)4)35-32(36)33(45)27-17-24-18-29-39(6,7)52-41(37(24)46,42(27,29)51-35)16-14-23(5)38(47)48-9/h11-12,14,17,20,24,29H,10,13,15-16,18-19H2,1-9H3. The average molecular weight is 711 g/mol. The summed E-state index contributed by atoms with van der Waals surface area (Å²) < 4.78 is 31.9. The maximum absolute atomic E-state index is 15.3. The highest BCUT2D eigenvalue weighted by molar-refractivity contribution is 6.30. The summed E-state index contributed by atoms with van der Waals surface area (Å²) in [4.78, 5) is 69.4. The topological polar surface area (TPSA) is 132 Å². The van der Waals surface area contributed by atoms with Gasteiger partial charge in [-0.05, 0) is 87.1 Å². The number of Topliss-reactive ketones (excluding diaryl/α,β-unsaturated/α-hetero) is 3. The van der Waals surface area contributed by atoms with Crippen molar-refractivity contribution in [2.45, 2.75) is 116 Å². The fourth-order valence-electron chi connectivity index (χ4n) is 9.18.